The summed E-state index contributed by atoms with van der Waals surface area (Å²) in [6.45, 7) is 0. The fourth-order valence-electron chi connectivity index (χ4n) is 8.11. The number of para-hydroxylation sites is 1. The van der Waals surface area contributed by atoms with E-state index in [1.165, 1.54) is 18.0 Å². The molecule has 1 heterocycles. The molecule has 3 aromatic rings. The topological polar surface area (TPSA) is 91.8 Å². The van der Waals surface area contributed by atoms with E-state index in [0.717, 1.165) is 5.57 Å². The van der Waals surface area contributed by atoms with Crippen molar-refractivity contribution in [1.82, 2.24) is 4.90 Å². The molecule has 0 spiro atoms. The van der Waals surface area contributed by atoms with Crippen molar-refractivity contribution >= 4 is 29.0 Å². The van der Waals surface area contributed by atoms with Crippen LogP contribution in [-0.2, 0) is 24.6 Å². The van der Waals surface area contributed by atoms with Gasteiger partial charge in [-0.25, -0.2) is 0 Å². The highest BCUT2D eigenvalue weighted by atomic mass is 16.3. The molecule has 6 atom stereocenters. The highest BCUT2D eigenvalue weighted by Gasteiger charge is 2.65. The van der Waals surface area contributed by atoms with Crippen molar-refractivity contribution < 1.29 is 24.3 Å². The molecule has 6 nitrogen and oxygen atoms in total. The molecule has 0 unspecified atom stereocenters. The molecule has 2 fully saturated rings. The fraction of sp³-hybridized carbons (Fsp3) is 0.257. The molecule has 3 aromatic carbocycles. The van der Waals surface area contributed by atoms with Crippen LogP contribution in [-0.4, -0.2) is 40.4 Å². The summed E-state index contributed by atoms with van der Waals surface area (Å²) in [6, 6.07) is 25.5. The molecule has 1 saturated carbocycles. The van der Waals surface area contributed by atoms with Gasteiger partial charge in [0.25, 0.3) is 0 Å². The van der Waals surface area contributed by atoms with Crippen molar-refractivity contribution in [2.24, 2.45) is 23.7 Å². The molecule has 7 rings (SSSR count). The normalized spacial score (nSPS) is 30.8. The Labute approximate surface area is 238 Å². The summed E-state index contributed by atoms with van der Waals surface area (Å²) in [7, 11) is 1.52. The number of rotatable bonds is 3. The van der Waals surface area contributed by atoms with Gasteiger partial charge in [-0.3, -0.25) is 24.1 Å². The van der Waals surface area contributed by atoms with E-state index < -0.39 is 35.0 Å². The minimum Gasteiger partial charge on any atom is -0.508 e. The Kier molecular flexibility index (Phi) is 5.72. The molecule has 0 radical (unpaired) electrons. The zero-order valence-corrected chi connectivity index (χ0v) is 22.6. The zero-order valence-electron chi connectivity index (χ0n) is 22.6. The van der Waals surface area contributed by atoms with E-state index in [1.807, 2.05) is 72.8 Å². The minimum absolute atomic E-state index is 0.0271. The summed E-state index contributed by atoms with van der Waals surface area (Å²) < 4.78 is 0. The van der Waals surface area contributed by atoms with Gasteiger partial charge in [0.2, 0.25) is 11.8 Å². The van der Waals surface area contributed by atoms with Crippen LogP contribution in [0.2, 0.25) is 0 Å². The number of benzene rings is 3. The summed E-state index contributed by atoms with van der Waals surface area (Å²) in [5.41, 5.74) is 1.78. The number of carbonyl (C=O) groups is 4. The SMILES string of the molecule is CN1C(=O)[C@H]2[C@H](CC=C3[C@H]2C[C@H]2C(=O)C(c4ccccc4)=CC(=O)[C@@]2(c2ccccc2)[C@H]3c2ccccc2O)C1=O. The molecular formula is C35H29NO5. The molecule has 1 aliphatic heterocycles. The van der Waals surface area contributed by atoms with Crippen molar-refractivity contribution in [1.29, 1.82) is 0 Å². The van der Waals surface area contributed by atoms with Crippen LogP contribution in [0.1, 0.15) is 35.4 Å². The van der Waals surface area contributed by atoms with Gasteiger partial charge in [0.15, 0.2) is 11.6 Å². The molecule has 41 heavy (non-hydrogen) atoms. The molecule has 0 aromatic heterocycles. The number of fused-ring (bicyclic) bond motifs is 4. The van der Waals surface area contributed by atoms with Gasteiger partial charge >= 0.3 is 0 Å². The van der Waals surface area contributed by atoms with E-state index >= 15 is 0 Å². The van der Waals surface area contributed by atoms with Crippen LogP contribution in [0, 0.1) is 23.7 Å². The Bertz CT molecular complexity index is 1670. The van der Waals surface area contributed by atoms with Crippen LogP contribution in [0.5, 0.6) is 5.75 Å². The number of Topliss-reactive ketones (excluding diaryl/α,β-unsaturated/α-hetero) is 1. The van der Waals surface area contributed by atoms with E-state index in [0.29, 0.717) is 28.7 Å². The van der Waals surface area contributed by atoms with Crippen LogP contribution in [0.4, 0.5) is 0 Å². The third-order valence-corrected chi connectivity index (χ3v) is 9.84. The average molecular weight is 544 g/mol. The zero-order chi connectivity index (χ0) is 28.5. The molecule has 1 saturated heterocycles. The van der Waals surface area contributed by atoms with E-state index in [-0.39, 0.29) is 35.6 Å². The van der Waals surface area contributed by atoms with Gasteiger partial charge in [-0.2, -0.15) is 0 Å². The second-order valence-electron chi connectivity index (χ2n) is 11.6. The molecular weight excluding hydrogens is 514 g/mol. The van der Waals surface area contributed by atoms with Crippen molar-refractivity contribution in [3.05, 3.63) is 119 Å². The number of hydrogen-bond donors (Lipinski definition) is 1. The first-order valence-corrected chi connectivity index (χ1v) is 14.1. The summed E-state index contributed by atoms with van der Waals surface area (Å²) in [5.74, 6) is -3.81. The number of carbonyl (C=O) groups excluding carboxylic acids is 4. The molecule has 4 aliphatic rings. The highest BCUT2D eigenvalue weighted by Crippen LogP contribution is 2.64. The first-order chi connectivity index (χ1) is 19.9. The lowest BCUT2D eigenvalue weighted by Crippen LogP contribution is -2.58. The van der Waals surface area contributed by atoms with E-state index in [4.69, 9.17) is 0 Å². The number of ketones is 2. The molecule has 2 amide bonds. The third kappa shape index (κ3) is 3.43. The Morgan fingerprint density at radius 1 is 0.805 bits per heavy atom. The number of imide groups is 1. The summed E-state index contributed by atoms with van der Waals surface area (Å²) >= 11 is 0. The number of nitrogens with zero attached hydrogens (tertiary/aromatic N) is 1. The number of allylic oxidation sites excluding steroid dienone is 4. The van der Waals surface area contributed by atoms with Crippen LogP contribution in [0.25, 0.3) is 5.57 Å². The monoisotopic (exact) mass is 543 g/mol. The lowest BCUT2D eigenvalue weighted by atomic mass is 9.44. The predicted octanol–water partition coefficient (Wildman–Crippen LogP) is 4.85. The molecule has 0 bridgehead atoms. The molecule has 3 aliphatic carbocycles. The largest absolute Gasteiger partial charge is 0.508 e. The van der Waals surface area contributed by atoms with Gasteiger partial charge in [0.1, 0.15) is 5.75 Å². The van der Waals surface area contributed by atoms with Gasteiger partial charge < -0.3 is 5.11 Å². The van der Waals surface area contributed by atoms with Crippen LogP contribution in [0.3, 0.4) is 0 Å². The Balaban J connectivity index is 1.53. The van der Waals surface area contributed by atoms with Crippen molar-refractivity contribution in [2.75, 3.05) is 7.05 Å². The number of phenolic OH excluding ortho intramolecular Hbond substituents is 1. The van der Waals surface area contributed by atoms with Gasteiger partial charge in [-0.1, -0.05) is 90.5 Å². The Morgan fingerprint density at radius 3 is 2.17 bits per heavy atom. The molecule has 6 heteroatoms. The van der Waals surface area contributed by atoms with Gasteiger partial charge in [-0.15, -0.1) is 0 Å². The maximum atomic E-state index is 14.8. The van der Waals surface area contributed by atoms with Crippen molar-refractivity contribution in [3.63, 3.8) is 0 Å². The quantitative estimate of drug-likeness (QED) is 0.377. The maximum absolute atomic E-state index is 14.8. The minimum atomic E-state index is -1.33. The number of phenols is 1. The summed E-state index contributed by atoms with van der Waals surface area (Å²) in [5, 5.41) is 11.2. The van der Waals surface area contributed by atoms with Gasteiger partial charge in [0, 0.05) is 30.0 Å². The first kappa shape index (κ1) is 25.4. The summed E-state index contributed by atoms with van der Waals surface area (Å²) in [4.78, 5) is 57.2. The lowest BCUT2D eigenvalue weighted by Gasteiger charge is -2.55. The first-order valence-electron chi connectivity index (χ1n) is 14.1. The van der Waals surface area contributed by atoms with E-state index in [1.54, 1.807) is 18.2 Å². The number of aromatic hydroxyl groups is 1. The second-order valence-corrected chi connectivity index (χ2v) is 11.6. The summed E-state index contributed by atoms with van der Waals surface area (Å²) in [6.07, 6.45) is 4.12. The van der Waals surface area contributed by atoms with E-state index in [9.17, 15) is 24.3 Å². The Hall–Kier alpha value is -4.58. The number of amides is 2. The smallest absolute Gasteiger partial charge is 0.233 e. The second kappa shape index (κ2) is 9.23. The molecule has 1 N–H and O–H groups in total. The van der Waals surface area contributed by atoms with Crippen LogP contribution >= 0.6 is 0 Å². The van der Waals surface area contributed by atoms with Crippen LogP contribution < -0.4 is 0 Å². The maximum Gasteiger partial charge on any atom is 0.233 e. The lowest BCUT2D eigenvalue weighted by molar-refractivity contribution is -0.139. The standard InChI is InChI=1S/C35H29NO5/c1-36-33(40)24-17-16-22-26(30(24)34(36)41)18-27-32(39)25(20-10-4-2-5-11-20)19-29(38)35(27,21-12-6-3-7-13-21)31(22)23-14-8-9-15-28(23)37/h2-16,19,24,26-27,30-31,37H,17-18H2,1H3/t24-,26+,27-,30-,31+,35-/m0/s1. The third-order valence-electron chi connectivity index (χ3n) is 9.84. The fourth-order valence-corrected chi connectivity index (χ4v) is 8.11. The number of hydrogen-bond acceptors (Lipinski definition) is 5. The van der Waals surface area contributed by atoms with Gasteiger partial charge in [0.05, 0.1) is 17.3 Å². The average Bonchev–Trinajstić information content (AvgIpc) is 3.23. The van der Waals surface area contributed by atoms with Crippen molar-refractivity contribution in [2.45, 2.75) is 24.2 Å². The molecule has 204 valence electrons. The van der Waals surface area contributed by atoms with Crippen LogP contribution in [0.15, 0.2) is 103 Å². The van der Waals surface area contributed by atoms with Gasteiger partial charge in [-0.05, 0) is 42.0 Å². The number of likely N-dealkylation sites (tertiary alicyclic amines) is 1. The Morgan fingerprint density at radius 2 is 1.46 bits per heavy atom. The highest BCUT2D eigenvalue weighted by molar-refractivity contribution is 6.31. The van der Waals surface area contributed by atoms with Crippen molar-refractivity contribution in [3.8, 4) is 5.75 Å². The van der Waals surface area contributed by atoms with E-state index in [2.05, 4.69) is 0 Å². The predicted molar refractivity (Wildman–Crippen MR) is 152 cm³/mol.